The van der Waals surface area contributed by atoms with Crippen molar-refractivity contribution in [2.24, 2.45) is 0 Å². The number of pyridine rings is 1. The van der Waals surface area contributed by atoms with E-state index in [1.165, 1.54) is 27.1 Å². The second kappa shape index (κ2) is 8.26. The molecule has 5 heteroatoms. The van der Waals surface area contributed by atoms with Gasteiger partial charge in [0.2, 0.25) is 0 Å². The lowest BCUT2D eigenvalue weighted by atomic mass is 10.0. The van der Waals surface area contributed by atoms with E-state index in [0.29, 0.717) is 30.1 Å². The van der Waals surface area contributed by atoms with Crippen molar-refractivity contribution in [3.63, 3.8) is 0 Å². The molecule has 162 valence electrons. The third kappa shape index (κ3) is 3.88. The van der Waals surface area contributed by atoms with Gasteiger partial charge in [0, 0.05) is 11.9 Å². The molecule has 0 saturated carbocycles. The van der Waals surface area contributed by atoms with Crippen LogP contribution in [-0.4, -0.2) is 21.5 Å². The summed E-state index contributed by atoms with van der Waals surface area (Å²) in [6, 6.07) is 31.8. The third-order valence-electron chi connectivity index (χ3n) is 6.22. The molecule has 1 aliphatic heterocycles. The normalized spacial score (nSPS) is 14.2. The van der Waals surface area contributed by atoms with Crippen LogP contribution in [-0.2, 0) is 13.1 Å². The fraction of sp³-hybridized carbons (Fsp3) is 0.107. The first-order valence-electron chi connectivity index (χ1n) is 11.0. The quantitative estimate of drug-likeness (QED) is 0.201. The van der Waals surface area contributed by atoms with E-state index in [-0.39, 0.29) is 0 Å². The van der Waals surface area contributed by atoms with Gasteiger partial charge in [0.05, 0.1) is 24.4 Å². The van der Waals surface area contributed by atoms with E-state index >= 15 is 0 Å². The molecule has 33 heavy (non-hydrogen) atoms. The summed E-state index contributed by atoms with van der Waals surface area (Å²) in [7, 11) is 0. The average molecular weight is 470 g/mol. The van der Waals surface area contributed by atoms with Crippen molar-refractivity contribution in [1.29, 1.82) is 0 Å². The lowest BCUT2D eigenvalue weighted by molar-refractivity contribution is 0.246. The summed E-state index contributed by atoms with van der Waals surface area (Å²) < 4.78 is 0. The monoisotopic (exact) mass is 469 g/mol. The van der Waals surface area contributed by atoms with E-state index in [4.69, 9.17) is 28.2 Å². The Morgan fingerprint density at radius 2 is 1.21 bits per heavy atom. The number of para-hydroxylation sites is 1. The van der Waals surface area contributed by atoms with Gasteiger partial charge in [-0.15, -0.1) is 0 Å². The number of nitrogens with zero attached hydrogens (tertiary/aromatic N) is 3. The summed E-state index contributed by atoms with van der Waals surface area (Å²) in [5.41, 5.74) is 3.16. The molecule has 3 nitrogen and oxygen atoms in total. The van der Waals surface area contributed by atoms with Crippen LogP contribution in [0.1, 0.15) is 11.3 Å². The predicted octanol–water partition coefficient (Wildman–Crippen LogP) is 7.42. The molecule has 4 aromatic carbocycles. The zero-order valence-electron chi connectivity index (χ0n) is 17.9. The molecule has 6 rings (SSSR count). The highest BCUT2D eigenvalue weighted by atomic mass is 35.5. The van der Waals surface area contributed by atoms with Crippen LogP contribution in [0.25, 0.3) is 32.4 Å². The molecule has 0 bridgehead atoms. The molecule has 0 fully saturated rings. The van der Waals surface area contributed by atoms with E-state index in [1.54, 1.807) is 0 Å². The van der Waals surface area contributed by atoms with Crippen LogP contribution < -0.4 is 0 Å². The Kier molecular flexibility index (Phi) is 5.09. The van der Waals surface area contributed by atoms with Gasteiger partial charge in [-0.25, -0.2) is 0 Å². The zero-order valence-corrected chi connectivity index (χ0v) is 19.4. The van der Waals surface area contributed by atoms with Gasteiger partial charge in [0.1, 0.15) is 10.3 Å². The van der Waals surface area contributed by atoms with Crippen LogP contribution in [0.5, 0.6) is 0 Å². The Bertz CT molecular complexity index is 1540. The van der Waals surface area contributed by atoms with Gasteiger partial charge in [0.25, 0.3) is 0 Å². The molecule has 2 heterocycles. The summed E-state index contributed by atoms with van der Waals surface area (Å²) in [5, 5.41) is 7.25. The van der Waals surface area contributed by atoms with E-state index in [0.717, 1.165) is 16.6 Å². The van der Waals surface area contributed by atoms with Gasteiger partial charge in [-0.2, -0.15) is 0 Å². The van der Waals surface area contributed by atoms with Crippen molar-refractivity contribution in [3.8, 4) is 0 Å². The maximum absolute atomic E-state index is 6.64. The molecule has 0 aliphatic carbocycles. The Morgan fingerprint density at radius 1 is 0.606 bits per heavy atom. The molecule has 0 saturated heterocycles. The zero-order chi connectivity index (χ0) is 22.4. The van der Waals surface area contributed by atoms with Crippen LogP contribution >= 0.6 is 23.2 Å². The second-order valence-corrected chi connectivity index (χ2v) is 9.21. The first kappa shape index (κ1) is 20.3. The maximum Gasteiger partial charge on any atom is 0.142 e. The summed E-state index contributed by atoms with van der Waals surface area (Å²) in [6.07, 6.45) is 0. The number of halogens is 2. The molecule has 1 aliphatic rings. The Morgan fingerprint density at radius 3 is 2.00 bits per heavy atom. The summed E-state index contributed by atoms with van der Waals surface area (Å²) in [6.45, 7) is 1.93. The highest BCUT2D eigenvalue weighted by Crippen LogP contribution is 2.33. The predicted molar refractivity (Wildman–Crippen MR) is 138 cm³/mol. The molecular formula is C28H21Cl2N3. The maximum atomic E-state index is 6.64. The van der Waals surface area contributed by atoms with Gasteiger partial charge in [-0.3, -0.25) is 4.98 Å². The minimum Gasteiger partial charge on any atom is -0.338 e. The Labute approximate surface area is 202 Å². The molecular weight excluding hydrogens is 449 g/mol. The van der Waals surface area contributed by atoms with Crippen molar-refractivity contribution in [2.75, 3.05) is 6.67 Å². The largest absolute Gasteiger partial charge is 0.338 e. The van der Waals surface area contributed by atoms with E-state index in [1.807, 2.05) is 18.2 Å². The van der Waals surface area contributed by atoms with Crippen molar-refractivity contribution in [1.82, 2.24) is 14.8 Å². The van der Waals surface area contributed by atoms with Crippen molar-refractivity contribution >= 4 is 55.6 Å². The first-order chi connectivity index (χ1) is 16.1. The highest BCUT2D eigenvalue weighted by molar-refractivity contribution is 6.38. The van der Waals surface area contributed by atoms with Gasteiger partial charge in [-0.05, 0) is 57.4 Å². The molecule has 0 amide bonds. The number of aromatic nitrogens is 1. The lowest BCUT2D eigenvalue weighted by Gasteiger charge is -2.22. The summed E-state index contributed by atoms with van der Waals surface area (Å²) >= 11 is 13.3. The smallest absolute Gasteiger partial charge is 0.142 e. The van der Waals surface area contributed by atoms with Crippen molar-refractivity contribution < 1.29 is 0 Å². The second-order valence-electron chi connectivity index (χ2n) is 8.50. The highest BCUT2D eigenvalue weighted by Gasteiger charge is 2.27. The van der Waals surface area contributed by atoms with Gasteiger partial charge < -0.3 is 9.80 Å². The number of fused-ring (bicyclic) bond motifs is 3. The number of benzene rings is 4. The molecule has 0 unspecified atom stereocenters. The molecule has 0 spiro atoms. The lowest BCUT2D eigenvalue weighted by Crippen LogP contribution is -2.26. The van der Waals surface area contributed by atoms with Gasteiger partial charge in [0.15, 0.2) is 0 Å². The van der Waals surface area contributed by atoms with E-state index in [2.05, 4.69) is 82.6 Å². The molecule has 1 aromatic heterocycles. The third-order valence-corrected chi connectivity index (χ3v) is 7.15. The Hall–Kier alpha value is -3.27. The van der Waals surface area contributed by atoms with Crippen LogP contribution in [0.15, 0.2) is 101 Å². The van der Waals surface area contributed by atoms with Crippen LogP contribution in [0.4, 0.5) is 0 Å². The van der Waals surface area contributed by atoms with Gasteiger partial charge >= 0.3 is 0 Å². The van der Waals surface area contributed by atoms with E-state index in [9.17, 15) is 0 Å². The van der Waals surface area contributed by atoms with Crippen molar-refractivity contribution in [2.45, 2.75) is 13.1 Å². The van der Waals surface area contributed by atoms with E-state index < -0.39 is 0 Å². The number of hydrogen-bond acceptors (Lipinski definition) is 3. The fourth-order valence-electron chi connectivity index (χ4n) is 4.53. The van der Waals surface area contributed by atoms with Crippen LogP contribution in [0.2, 0.25) is 0 Å². The first-order valence-corrected chi connectivity index (χ1v) is 11.7. The average Bonchev–Trinajstić information content (AvgIpc) is 3.10. The van der Waals surface area contributed by atoms with Crippen LogP contribution in [0.3, 0.4) is 0 Å². The fourth-order valence-corrected chi connectivity index (χ4v) is 5.00. The summed E-state index contributed by atoms with van der Waals surface area (Å²) in [5.74, 6) is 0. The number of hydrogen-bond donors (Lipinski definition) is 0. The standard InChI is InChI=1S/C28H21Cl2N3/c29-27-28(30)33(17-25-12-11-20-5-3-4-8-26(20)31-25)18-32(27)16-19-9-10-23-14-21-6-1-2-7-22(21)15-24(23)13-19/h1-15H,16-18H2. The topological polar surface area (TPSA) is 19.4 Å². The van der Waals surface area contributed by atoms with Crippen LogP contribution in [0, 0.1) is 0 Å². The molecule has 5 aromatic rings. The SMILES string of the molecule is ClC1=C(Cl)N(Cc2ccc3ccccc3n2)CN1Cc1ccc2cc3ccccc3cc2c1. The van der Waals surface area contributed by atoms with Gasteiger partial charge in [-0.1, -0.05) is 83.9 Å². The molecule has 0 atom stereocenters. The minimum atomic E-state index is 0.568. The number of rotatable bonds is 4. The molecule has 0 radical (unpaired) electrons. The molecule has 0 N–H and O–H groups in total. The van der Waals surface area contributed by atoms with Crippen molar-refractivity contribution in [3.05, 3.63) is 113 Å². The summed E-state index contributed by atoms with van der Waals surface area (Å²) in [4.78, 5) is 8.95. The Balaban J connectivity index is 1.22. The minimum absolute atomic E-state index is 0.568.